The molecule has 0 bridgehead atoms. The highest BCUT2D eigenvalue weighted by molar-refractivity contribution is 7.26. The second kappa shape index (κ2) is 14.2. The van der Waals surface area contributed by atoms with E-state index in [9.17, 15) is 0 Å². The van der Waals surface area contributed by atoms with Crippen molar-refractivity contribution in [2.24, 2.45) is 0 Å². The van der Waals surface area contributed by atoms with Crippen LogP contribution in [0.1, 0.15) is 0 Å². The number of rotatable bonds is 7. The highest BCUT2D eigenvalue weighted by Gasteiger charge is 2.26. The van der Waals surface area contributed by atoms with Crippen LogP contribution in [0.4, 0.5) is 34.1 Å². The Balaban J connectivity index is 1.14. The Kier molecular flexibility index (Phi) is 8.25. The number of fused-ring (bicyclic) bond motifs is 8. The first-order chi connectivity index (χ1) is 29.8. The van der Waals surface area contributed by atoms with E-state index in [2.05, 4.69) is 228 Å². The molecular formula is C56H36N2S2. The van der Waals surface area contributed by atoms with E-state index in [1.54, 1.807) is 0 Å². The van der Waals surface area contributed by atoms with Gasteiger partial charge in [-0.3, -0.25) is 0 Å². The summed E-state index contributed by atoms with van der Waals surface area (Å²) in [5, 5.41) is 9.94. The number of benzene rings is 10. The lowest BCUT2D eigenvalue weighted by Crippen LogP contribution is -2.14. The predicted octanol–water partition coefficient (Wildman–Crippen LogP) is 17.3. The second-order valence-corrected chi connectivity index (χ2v) is 17.4. The van der Waals surface area contributed by atoms with E-state index in [0.29, 0.717) is 0 Å². The Labute approximate surface area is 356 Å². The van der Waals surface area contributed by atoms with Crippen LogP contribution in [0.5, 0.6) is 0 Å². The van der Waals surface area contributed by atoms with Crippen LogP contribution in [0.2, 0.25) is 0 Å². The van der Waals surface area contributed by atoms with Crippen molar-refractivity contribution in [3.05, 3.63) is 218 Å². The van der Waals surface area contributed by atoms with Crippen LogP contribution < -0.4 is 9.80 Å². The molecule has 0 amide bonds. The third-order valence-electron chi connectivity index (χ3n) is 11.8. The molecule has 2 heterocycles. The molecule has 0 atom stereocenters. The summed E-state index contributed by atoms with van der Waals surface area (Å²) >= 11 is 3.72. The number of para-hydroxylation sites is 2. The molecule has 0 saturated carbocycles. The van der Waals surface area contributed by atoms with Crippen LogP contribution in [0.15, 0.2) is 218 Å². The summed E-state index contributed by atoms with van der Waals surface area (Å²) in [6.07, 6.45) is 0. The van der Waals surface area contributed by atoms with Crippen molar-refractivity contribution in [2.45, 2.75) is 0 Å². The number of hydrogen-bond donors (Lipinski definition) is 0. The van der Waals surface area contributed by atoms with Gasteiger partial charge in [0.2, 0.25) is 0 Å². The molecule has 0 aliphatic rings. The van der Waals surface area contributed by atoms with Gasteiger partial charge in [-0.2, -0.15) is 0 Å². The molecule has 0 aliphatic heterocycles. The van der Waals surface area contributed by atoms with E-state index in [4.69, 9.17) is 0 Å². The molecule has 0 N–H and O–H groups in total. The third kappa shape index (κ3) is 5.68. The van der Waals surface area contributed by atoms with Crippen LogP contribution in [-0.2, 0) is 0 Å². The monoisotopic (exact) mass is 800 g/mol. The molecule has 60 heavy (non-hydrogen) atoms. The zero-order chi connectivity index (χ0) is 39.6. The molecule has 4 heteroatoms. The van der Waals surface area contributed by atoms with Gasteiger partial charge < -0.3 is 9.80 Å². The van der Waals surface area contributed by atoms with E-state index >= 15 is 0 Å². The lowest BCUT2D eigenvalue weighted by atomic mass is 9.97. The van der Waals surface area contributed by atoms with Gasteiger partial charge in [0.15, 0.2) is 0 Å². The van der Waals surface area contributed by atoms with Crippen molar-refractivity contribution in [3.63, 3.8) is 0 Å². The molecule has 2 nitrogen and oxygen atoms in total. The van der Waals surface area contributed by atoms with Crippen LogP contribution in [0, 0.1) is 0 Å². The Morgan fingerprint density at radius 1 is 0.267 bits per heavy atom. The largest absolute Gasteiger partial charge is 0.309 e. The highest BCUT2D eigenvalue weighted by Crippen LogP contribution is 2.51. The molecule has 10 aromatic carbocycles. The minimum absolute atomic E-state index is 1.11. The Hall–Kier alpha value is -7.24. The first kappa shape index (κ1) is 34.8. The van der Waals surface area contributed by atoms with Gasteiger partial charge >= 0.3 is 0 Å². The topological polar surface area (TPSA) is 6.48 Å². The van der Waals surface area contributed by atoms with Crippen LogP contribution >= 0.6 is 22.7 Å². The number of hydrogen-bond acceptors (Lipinski definition) is 4. The van der Waals surface area contributed by atoms with E-state index in [1.807, 2.05) is 22.7 Å². The van der Waals surface area contributed by atoms with Gasteiger partial charge in [0.1, 0.15) is 0 Å². The maximum atomic E-state index is 2.49. The minimum Gasteiger partial charge on any atom is -0.309 e. The van der Waals surface area contributed by atoms with Crippen molar-refractivity contribution in [1.29, 1.82) is 0 Å². The predicted molar refractivity (Wildman–Crippen MR) is 262 cm³/mol. The fourth-order valence-corrected chi connectivity index (χ4v) is 11.4. The van der Waals surface area contributed by atoms with E-state index in [0.717, 1.165) is 45.3 Å². The van der Waals surface area contributed by atoms with Crippen molar-refractivity contribution >= 4 is 119 Å². The fourth-order valence-electron chi connectivity index (χ4n) is 9.12. The number of thiophene rings is 2. The molecule has 0 radical (unpaired) electrons. The maximum absolute atomic E-state index is 2.49. The molecule has 0 spiro atoms. The lowest BCUT2D eigenvalue weighted by Gasteiger charge is -2.32. The Morgan fingerprint density at radius 2 is 0.633 bits per heavy atom. The molecule has 12 rings (SSSR count). The summed E-state index contributed by atoms with van der Waals surface area (Å²) in [5.74, 6) is 0. The molecular weight excluding hydrogens is 765 g/mol. The normalized spacial score (nSPS) is 11.7. The summed E-state index contributed by atoms with van der Waals surface area (Å²) in [7, 11) is 0. The van der Waals surface area contributed by atoms with E-state index < -0.39 is 0 Å². The average molecular weight is 801 g/mol. The fraction of sp³-hybridized carbons (Fsp3) is 0. The quantitative estimate of drug-likeness (QED) is 0.158. The smallest absolute Gasteiger partial charge is 0.0555 e. The first-order valence-electron chi connectivity index (χ1n) is 20.3. The van der Waals surface area contributed by atoms with Crippen molar-refractivity contribution in [3.8, 4) is 11.1 Å². The van der Waals surface area contributed by atoms with Gasteiger partial charge in [0.05, 0.1) is 22.7 Å². The molecule has 0 fully saturated rings. The number of anilines is 6. The number of nitrogens with zero attached hydrogens (tertiary/aromatic N) is 2. The molecule has 0 unspecified atom stereocenters. The summed E-state index contributed by atoms with van der Waals surface area (Å²) in [6.45, 7) is 0. The van der Waals surface area contributed by atoms with Gasteiger partial charge in [-0.25, -0.2) is 0 Å². The van der Waals surface area contributed by atoms with Gasteiger partial charge in [-0.1, -0.05) is 146 Å². The van der Waals surface area contributed by atoms with Crippen molar-refractivity contribution < 1.29 is 0 Å². The summed E-state index contributed by atoms with van der Waals surface area (Å²) < 4.78 is 5.13. The Bertz CT molecular complexity index is 3360. The van der Waals surface area contributed by atoms with E-state index in [1.165, 1.54) is 61.9 Å². The summed E-state index contributed by atoms with van der Waals surface area (Å²) in [6, 6.07) is 80.2. The van der Waals surface area contributed by atoms with Gasteiger partial charge in [-0.15, -0.1) is 22.7 Å². The molecule has 0 aliphatic carbocycles. The minimum atomic E-state index is 1.11. The molecule has 12 aromatic rings. The zero-order valence-corrected chi connectivity index (χ0v) is 34.1. The first-order valence-corrected chi connectivity index (χ1v) is 22.0. The van der Waals surface area contributed by atoms with Gasteiger partial charge in [-0.05, 0) is 94.3 Å². The zero-order valence-electron chi connectivity index (χ0n) is 32.5. The SMILES string of the molecule is c1ccc(N(c2ccc3ccccc3c2)c2cccc3sc4ccccc4c23)c(-c2ccccc2N(c2ccc3ccccc3c2)c2cccc3sc4ccccc4c23)c1. The summed E-state index contributed by atoms with van der Waals surface area (Å²) in [5.41, 5.74) is 9.06. The standard InChI is InChI=1S/C56H36N2S2/c1-3-17-39-35-41(33-31-37(39)15-1)57(49-25-13-29-53-55(49)45-21-7-11-27-51(45)59-53)47-23-9-5-19-43(47)44-20-6-10-24-48(44)58(42-34-32-38-16-2-4-18-40(38)36-42)50-26-14-30-54-56(50)46-22-8-12-28-52(46)60-54/h1-36H. The van der Waals surface area contributed by atoms with Gasteiger partial charge in [0, 0.05) is 62.8 Å². The third-order valence-corrected chi connectivity index (χ3v) is 14.1. The van der Waals surface area contributed by atoms with Crippen molar-refractivity contribution in [2.75, 3.05) is 9.80 Å². The lowest BCUT2D eigenvalue weighted by molar-refractivity contribution is 1.29. The molecule has 0 saturated heterocycles. The van der Waals surface area contributed by atoms with Crippen molar-refractivity contribution in [1.82, 2.24) is 0 Å². The van der Waals surface area contributed by atoms with E-state index in [-0.39, 0.29) is 0 Å². The van der Waals surface area contributed by atoms with Crippen LogP contribution in [0.3, 0.4) is 0 Å². The maximum Gasteiger partial charge on any atom is 0.0555 e. The van der Waals surface area contributed by atoms with Crippen LogP contribution in [0.25, 0.3) is 73.0 Å². The molecule has 282 valence electrons. The van der Waals surface area contributed by atoms with Crippen LogP contribution in [-0.4, -0.2) is 0 Å². The second-order valence-electron chi connectivity index (χ2n) is 15.3. The Morgan fingerprint density at radius 3 is 1.12 bits per heavy atom. The molecule has 2 aromatic heterocycles. The summed E-state index contributed by atoms with van der Waals surface area (Å²) in [4.78, 5) is 4.99. The average Bonchev–Trinajstić information content (AvgIpc) is 3.89. The van der Waals surface area contributed by atoms with Gasteiger partial charge in [0.25, 0.3) is 0 Å². The highest BCUT2D eigenvalue weighted by atomic mass is 32.1.